The maximum atomic E-state index is 5.77. The number of anilines is 1. The van der Waals surface area contributed by atoms with Crippen molar-refractivity contribution in [1.29, 1.82) is 0 Å². The van der Waals surface area contributed by atoms with E-state index in [9.17, 15) is 0 Å². The maximum Gasteiger partial charge on any atom is 0.237 e. The van der Waals surface area contributed by atoms with Crippen LogP contribution in [0.4, 0.5) is 5.69 Å². The average molecular weight is 196 g/mol. The maximum absolute atomic E-state index is 5.77. The molecule has 0 fully saturated rings. The Bertz CT molecular complexity index is 646. The molecule has 3 rings (SSSR count). The third-order valence-corrected chi connectivity index (χ3v) is 2.48. The zero-order valence-corrected chi connectivity index (χ0v) is 8.09. The molecule has 0 aliphatic heterocycles. The first kappa shape index (κ1) is 8.17. The number of para-hydroxylation sites is 2. The number of rotatable bonds is 0. The summed E-state index contributed by atoms with van der Waals surface area (Å²) in [5.41, 5.74) is 9.62. The molecule has 0 bridgehead atoms. The van der Waals surface area contributed by atoms with E-state index in [0.29, 0.717) is 0 Å². The average Bonchev–Trinajstić information content (AvgIpc) is 2.29. The van der Waals surface area contributed by atoms with Gasteiger partial charge in [0.05, 0.1) is 11.9 Å². The molecule has 2 aromatic heterocycles. The summed E-state index contributed by atoms with van der Waals surface area (Å²) in [5, 5.41) is 0. The molecule has 0 saturated heterocycles. The predicted octanol–water partition coefficient (Wildman–Crippen LogP) is 1.56. The van der Waals surface area contributed by atoms with Gasteiger partial charge in [0.1, 0.15) is 5.52 Å². The molecule has 0 aliphatic carbocycles. The second kappa shape index (κ2) is 2.92. The van der Waals surface area contributed by atoms with E-state index in [4.69, 9.17) is 5.73 Å². The molecule has 3 heteroatoms. The molecule has 0 atom stereocenters. The molecule has 72 valence electrons. The SMILES string of the molecule is Nc1ccc2cnc3ccccc3[n+]2c1. The van der Waals surface area contributed by atoms with Crippen molar-refractivity contribution in [3.8, 4) is 0 Å². The summed E-state index contributed by atoms with van der Waals surface area (Å²) in [6.45, 7) is 0. The fourth-order valence-corrected chi connectivity index (χ4v) is 1.76. The van der Waals surface area contributed by atoms with E-state index >= 15 is 0 Å². The summed E-state index contributed by atoms with van der Waals surface area (Å²) in [7, 11) is 0. The van der Waals surface area contributed by atoms with E-state index < -0.39 is 0 Å². The van der Waals surface area contributed by atoms with Crippen LogP contribution in [-0.2, 0) is 0 Å². The van der Waals surface area contributed by atoms with E-state index in [0.717, 1.165) is 22.2 Å². The Balaban J connectivity index is 2.57. The fraction of sp³-hybridized carbons (Fsp3) is 0. The standard InChI is InChI=1S/C12H10N3/c13-9-5-6-10-7-14-11-3-1-2-4-12(11)15(10)8-9/h1-8H,13H2/q+1. The van der Waals surface area contributed by atoms with E-state index in [1.54, 1.807) is 0 Å². The molecule has 3 nitrogen and oxygen atoms in total. The van der Waals surface area contributed by atoms with Gasteiger partial charge in [-0.25, -0.2) is 4.98 Å². The number of nitrogens with zero attached hydrogens (tertiary/aromatic N) is 2. The van der Waals surface area contributed by atoms with Crippen molar-refractivity contribution in [3.05, 3.63) is 48.8 Å². The van der Waals surface area contributed by atoms with Gasteiger partial charge in [-0.05, 0) is 12.1 Å². The first-order valence-electron chi connectivity index (χ1n) is 4.79. The van der Waals surface area contributed by atoms with Crippen molar-refractivity contribution in [2.45, 2.75) is 0 Å². The van der Waals surface area contributed by atoms with E-state index in [2.05, 4.69) is 9.38 Å². The second-order valence-electron chi connectivity index (χ2n) is 3.50. The number of pyridine rings is 1. The zero-order chi connectivity index (χ0) is 10.3. The monoisotopic (exact) mass is 196 g/mol. The molecule has 3 aromatic rings. The van der Waals surface area contributed by atoms with Crippen molar-refractivity contribution in [1.82, 2.24) is 4.98 Å². The highest BCUT2D eigenvalue weighted by molar-refractivity contribution is 5.72. The minimum absolute atomic E-state index is 0.754. The highest BCUT2D eigenvalue weighted by atomic mass is 14.9. The molecule has 0 unspecified atom stereocenters. The van der Waals surface area contributed by atoms with Gasteiger partial charge in [-0.15, -0.1) is 0 Å². The van der Waals surface area contributed by atoms with Gasteiger partial charge in [-0.2, -0.15) is 4.40 Å². The van der Waals surface area contributed by atoms with Gasteiger partial charge >= 0.3 is 0 Å². The Morgan fingerprint density at radius 2 is 1.93 bits per heavy atom. The van der Waals surface area contributed by atoms with Gasteiger partial charge in [0, 0.05) is 12.1 Å². The largest absolute Gasteiger partial charge is 0.394 e. The number of hydrogen-bond acceptors (Lipinski definition) is 2. The van der Waals surface area contributed by atoms with Crippen LogP contribution < -0.4 is 10.1 Å². The minimum atomic E-state index is 0.754. The quantitative estimate of drug-likeness (QED) is 0.438. The van der Waals surface area contributed by atoms with Gasteiger partial charge in [0.2, 0.25) is 11.0 Å². The summed E-state index contributed by atoms with van der Waals surface area (Å²) in [6, 6.07) is 11.9. The van der Waals surface area contributed by atoms with E-state index in [1.807, 2.05) is 48.8 Å². The van der Waals surface area contributed by atoms with Gasteiger partial charge in [0.25, 0.3) is 0 Å². The van der Waals surface area contributed by atoms with Crippen LogP contribution in [0.3, 0.4) is 0 Å². The summed E-state index contributed by atoms with van der Waals surface area (Å²) in [5.74, 6) is 0. The smallest absolute Gasteiger partial charge is 0.237 e. The molecular formula is C12H10N3+. The van der Waals surface area contributed by atoms with Crippen molar-refractivity contribution < 1.29 is 4.40 Å². The molecule has 15 heavy (non-hydrogen) atoms. The van der Waals surface area contributed by atoms with Crippen LogP contribution in [0.1, 0.15) is 0 Å². The Kier molecular flexibility index (Phi) is 1.59. The van der Waals surface area contributed by atoms with Gasteiger partial charge < -0.3 is 5.73 Å². The lowest BCUT2D eigenvalue weighted by atomic mass is 10.2. The topological polar surface area (TPSA) is 43.0 Å². The third kappa shape index (κ3) is 1.21. The number of hydrogen-bond donors (Lipinski definition) is 1. The first-order valence-corrected chi connectivity index (χ1v) is 4.79. The highest BCUT2D eigenvalue weighted by Gasteiger charge is 2.08. The summed E-state index contributed by atoms with van der Waals surface area (Å²) in [4.78, 5) is 4.38. The second-order valence-corrected chi connectivity index (χ2v) is 3.50. The third-order valence-electron chi connectivity index (χ3n) is 2.48. The minimum Gasteiger partial charge on any atom is -0.394 e. The lowest BCUT2D eigenvalue weighted by Crippen LogP contribution is -2.23. The number of nitrogen functional groups attached to an aromatic ring is 1. The summed E-state index contributed by atoms with van der Waals surface area (Å²) < 4.78 is 2.05. The molecule has 2 heterocycles. The van der Waals surface area contributed by atoms with Crippen LogP contribution in [0.5, 0.6) is 0 Å². The molecular weight excluding hydrogens is 186 g/mol. The molecule has 2 N–H and O–H groups in total. The molecule has 0 amide bonds. The van der Waals surface area contributed by atoms with Crippen molar-refractivity contribution in [3.63, 3.8) is 0 Å². The fourth-order valence-electron chi connectivity index (χ4n) is 1.76. The van der Waals surface area contributed by atoms with E-state index in [-0.39, 0.29) is 0 Å². The Labute approximate surface area is 86.8 Å². The molecule has 1 aromatic carbocycles. The summed E-state index contributed by atoms with van der Waals surface area (Å²) in [6.07, 6.45) is 3.76. The van der Waals surface area contributed by atoms with Crippen molar-refractivity contribution in [2.24, 2.45) is 0 Å². The Hall–Kier alpha value is -2.16. The summed E-state index contributed by atoms with van der Waals surface area (Å²) >= 11 is 0. The molecule has 0 saturated carbocycles. The van der Waals surface area contributed by atoms with E-state index in [1.165, 1.54) is 0 Å². The van der Waals surface area contributed by atoms with Crippen molar-refractivity contribution in [2.75, 3.05) is 5.73 Å². The molecule has 0 aliphatic rings. The number of aromatic nitrogens is 2. The predicted molar refractivity (Wildman–Crippen MR) is 59.3 cm³/mol. The lowest BCUT2D eigenvalue weighted by Gasteiger charge is -1.96. The number of nitrogens with two attached hydrogens (primary N) is 1. The van der Waals surface area contributed by atoms with Crippen LogP contribution in [0.15, 0.2) is 48.8 Å². The Morgan fingerprint density at radius 3 is 2.87 bits per heavy atom. The molecule has 0 radical (unpaired) electrons. The Morgan fingerprint density at radius 1 is 1.07 bits per heavy atom. The first-order chi connectivity index (χ1) is 7.34. The van der Waals surface area contributed by atoms with Gasteiger partial charge in [0.15, 0.2) is 6.20 Å². The number of fused-ring (bicyclic) bond motifs is 3. The zero-order valence-electron chi connectivity index (χ0n) is 8.09. The van der Waals surface area contributed by atoms with Crippen molar-refractivity contribution >= 4 is 22.2 Å². The van der Waals surface area contributed by atoms with Gasteiger partial charge in [-0.1, -0.05) is 12.1 Å². The van der Waals surface area contributed by atoms with Crippen LogP contribution in [-0.4, -0.2) is 4.98 Å². The van der Waals surface area contributed by atoms with Crippen LogP contribution >= 0.6 is 0 Å². The molecule has 0 spiro atoms. The normalized spacial score (nSPS) is 10.9. The highest BCUT2D eigenvalue weighted by Crippen LogP contribution is 2.09. The van der Waals surface area contributed by atoms with Crippen LogP contribution in [0.25, 0.3) is 16.6 Å². The van der Waals surface area contributed by atoms with Crippen LogP contribution in [0, 0.1) is 0 Å². The lowest BCUT2D eigenvalue weighted by molar-refractivity contribution is -0.481. The van der Waals surface area contributed by atoms with Gasteiger partial charge in [-0.3, -0.25) is 0 Å². The number of benzene rings is 1. The van der Waals surface area contributed by atoms with Crippen LogP contribution in [0.2, 0.25) is 0 Å².